The van der Waals surface area contributed by atoms with Gasteiger partial charge in [-0.05, 0) is 32.7 Å². The number of hydrogen-bond acceptors (Lipinski definition) is 3. The smallest absolute Gasteiger partial charge is 0.378 e. The third kappa shape index (κ3) is 4.99. The lowest BCUT2D eigenvalue weighted by Gasteiger charge is -2.38. The standard InChI is InChI=1S/C12H21F3N2O2/c1-17-11(10(16)18)5-2-4-9(8-11)19-7-3-6-12(13,14)15/h9,17H,2-8H2,1H3,(H2,16,18). The molecule has 0 saturated heterocycles. The molecule has 1 aliphatic rings. The zero-order valence-corrected chi connectivity index (χ0v) is 11.1. The summed E-state index contributed by atoms with van der Waals surface area (Å²) in [6.45, 7) is 0.0583. The molecule has 0 radical (unpaired) electrons. The summed E-state index contributed by atoms with van der Waals surface area (Å²) in [4.78, 5) is 11.5. The average Bonchev–Trinajstić information content (AvgIpc) is 2.33. The molecule has 1 fully saturated rings. The summed E-state index contributed by atoms with van der Waals surface area (Å²) in [7, 11) is 1.66. The summed E-state index contributed by atoms with van der Waals surface area (Å²) in [5.41, 5.74) is 4.60. The number of carbonyl (C=O) groups excluding carboxylic acids is 1. The Bertz CT molecular complexity index is 310. The molecule has 19 heavy (non-hydrogen) atoms. The van der Waals surface area contributed by atoms with E-state index in [9.17, 15) is 18.0 Å². The quantitative estimate of drug-likeness (QED) is 0.729. The average molecular weight is 282 g/mol. The molecule has 2 unspecified atom stereocenters. The fraction of sp³-hybridized carbons (Fsp3) is 0.917. The van der Waals surface area contributed by atoms with Crippen LogP contribution in [0.1, 0.15) is 38.5 Å². The molecule has 1 aliphatic carbocycles. The number of amides is 1. The maximum atomic E-state index is 12.0. The maximum Gasteiger partial charge on any atom is 0.389 e. The van der Waals surface area contributed by atoms with E-state index in [1.807, 2.05) is 0 Å². The van der Waals surface area contributed by atoms with E-state index in [4.69, 9.17) is 10.5 Å². The van der Waals surface area contributed by atoms with E-state index in [1.165, 1.54) is 0 Å². The van der Waals surface area contributed by atoms with Gasteiger partial charge in [-0.3, -0.25) is 4.79 Å². The second-order valence-corrected chi connectivity index (χ2v) is 5.00. The van der Waals surface area contributed by atoms with Crippen LogP contribution in [-0.2, 0) is 9.53 Å². The van der Waals surface area contributed by atoms with Crippen molar-refractivity contribution in [1.29, 1.82) is 0 Å². The highest BCUT2D eigenvalue weighted by Gasteiger charge is 2.40. The Balaban J connectivity index is 2.37. The van der Waals surface area contributed by atoms with Crippen LogP contribution in [0.2, 0.25) is 0 Å². The summed E-state index contributed by atoms with van der Waals surface area (Å²) in [6, 6.07) is 0. The molecule has 112 valence electrons. The Kier molecular flexibility index (Phi) is 5.61. The van der Waals surface area contributed by atoms with E-state index in [0.29, 0.717) is 12.8 Å². The van der Waals surface area contributed by atoms with Gasteiger partial charge < -0.3 is 15.8 Å². The van der Waals surface area contributed by atoms with Gasteiger partial charge >= 0.3 is 6.18 Å². The summed E-state index contributed by atoms with van der Waals surface area (Å²) in [6.07, 6.45) is -2.65. The molecule has 0 aromatic rings. The van der Waals surface area contributed by atoms with Gasteiger partial charge in [0.05, 0.1) is 11.6 Å². The molecule has 0 aromatic heterocycles. The number of nitrogens with two attached hydrogens (primary N) is 1. The van der Waals surface area contributed by atoms with Crippen LogP contribution in [0.25, 0.3) is 0 Å². The second-order valence-electron chi connectivity index (χ2n) is 5.00. The predicted octanol–water partition coefficient (Wildman–Crippen LogP) is 1.73. The van der Waals surface area contributed by atoms with Gasteiger partial charge in [-0.25, -0.2) is 0 Å². The lowest BCUT2D eigenvalue weighted by atomic mass is 9.79. The summed E-state index contributed by atoms with van der Waals surface area (Å²) >= 11 is 0. The number of rotatable bonds is 6. The summed E-state index contributed by atoms with van der Waals surface area (Å²) in [5.74, 6) is -0.432. The largest absolute Gasteiger partial charge is 0.389 e. The molecule has 3 N–H and O–H groups in total. The number of likely N-dealkylation sites (N-methyl/N-ethyl adjacent to an activating group) is 1. The fourth-order valence-corrected chi connectivity index (χ4v) is 2.46. The number of primary amides is 1. The molecule has 0 heterocycles. The predicted molar refractivity (Wildman–Crippen MR) is 64.5 cm³/mol. The van der Waals surface area contributed by atoms with Gasteiger partial charge in [0, 0.05) is 19.4 Å². The number of nitrogens with one attached hydrogen (secondary N) is 1. The first-order valence-corrected chi connectivity index (χ1v) is 6.46. The molecular formula is C12H21F3N2O2. The van der Waals surface area contributed by atoms with Gasteiger partial charge in [0.2, 0.25) is 5.91 Å². The van der Waals surface area contributed by atoms with Crippen molar-refractivity contribution in [2.45, 2.75) is 56.3 Å². The molecule has 0 aliphatic heterocycles. The van der Waals surface area contributed by atoms with Gasteiger partial charge in [0.1, 0.15) is 0 Å². The van der Waals surface area contributed by atoms with Crippen molar-refractivity contribution in [3.05, 3.63) is 0 Å². The first kappa shape index (κ1) is 16.2. The monoisotopic (exact) mass is 282 g/mol. The minimum absolute atomic E-state index is 0.0525. The lowest BCUT2D eigenvalue weighted by molar-refractivity contribution is -0.140. The number of hydrogen-bond donors (Lipinski definition) is 2. The molecule has 2 atom stereocenters. The molecule has 0 spiro atoms. The third-order valence-corrected chi connectivity index (χ3v) is 3.61. The number of carbonyl (C=O) groups is 1. The maximum absolute atomic E-state index is 12.0. The van der Waals surface area contributed by atoms with Crippen molar-refractivity contribution in [2.24, 2.45) is 5.73 Å². The molecular weight excluding hydrogens is 261 g/mol. The van der Waals surface area contributed by atoms with Gasteiger partial charge in [-0.1, -0.05) is 0 Å². The van der Waals surface area contributed by atoms with Crippen LogP contribution in [0.3, 0.4) is 0 Å². The van der Waals surface area contributed by atoms with Crippen molar-refractivity contribution < 1.29 is 22.7 Å². The molecule has 0 aromatic carbocycles. The van der Waals surface area contributed by atoms with Crippen LogP contribution in [0.4, 0.5) is 13.2 Å². The minimum atomic E-state index is -4.14. The number of halogens is 3. The highest BCUT2D eigenvalue weighted by molar-refractivity contribution is 5.84. The topological polar surface area (TPSA) is 64.3 Å². The lowest BCUT2D eigenvalue weighted by Crippen LogP contribution is -2.57. The van der Waals surface area contributed by atoms with Crippen LogP contribution < -0.4 is 11.1 Å². The third-order valence-electron chi connectivity index (χ3n) is 3.61. The summed E-state index contributed by atoms with van der Waals surface area (Å²) < 4.78 is 41.4. The van der Waals surface area contributed by atoms with Crippen molar-refractivity contribution in [3.8, 4) is 0 Å². The highest BCUT2D eigenvalue weighted by atomic mass is 19.4. The number of ether oxygens (including phenoxy) is 1. The van der Waals surface area contributed by atoms with E-state index in [-0.39, 0.29) is 19.1 Å². The first-order chi connectivity index (χ1) is 8.79. The molecule has 1 saturated carbocycles. The molecule has 1 rings (SSSR count). The first-order valence-electron chi connectivity index (χ1n) is 6.46. The van der Waals surface area contributed by atoms with Crippen molar-refractivity contribution in [1.82, 2.24) is 5.32 Å². The van der Waals surface area contributed by atoms with Crippen LogP contribution in [-0.4, -0.2) is 37.4 Å². The Labute approximate surface area is 110 Å². The summed E-state index contributed by atoms with van der Waals surface area (Å²) in [5, 5.41) is 2.93. The normalized spacial score (nSPS) is 28.3. The van der Waals surface area contributed by atoms with Crippen molar-refractivity contribution in [2.75, 3.05) is 13.7 Å². The van der Waals surface area contributed by atoms with Gasteiger partial charge in [-0.15, -0.1) is 0 Å². The Morgan fingerprint density at radius 2 is 2.21 bits per heavy atom. The Hall–Kier alpha value is -0.820. The Morgan fingerprint density at radius 1 is 1.53 bits per heavy atom. The zero-order valence-electron chi connectivity index (χ0n) is 11.1. The van der Waals surface area contributed by atoms with Crippen LogP contribution in [0.15, 0.2) is 0 Å². The van der Waals surface area contributed by atoms with E-state index in [1.54, 1.807) is 7.05 Å². The Morgan fingerprint density at radius 3 is 2.74 bits per heavy atom. The van der Waals surface area contributed by atoms with Crippen LogP contribution in [0, 0.1) is 0 Å². The van der Waals surface area contributed by atoms with E-state index < -0.39 is 24.0 Å². The van der Waals surface area contributed by atoms with Crippen molar-refractivity contribution in [3.63, 3.8) is 0 Å². The van der Waals surface area contributed by atoms with E-state index in [0.717, 1.165) is 12.8 Å². The van der Waals surface area contributed by atoms with Crippen LogP contribution >= 0.6 is 0 Å². The zero-order chi connectivity index (χ0) is 14.5. The second kappa shape index (κ2) is 6.56. The molecule has 1 amide bonds. The van der Waals surface area contributed by atoms with Crippen molar-refractivity contribution >= 4 is 5.91 Å². The minimum Gasteiger partial charge on any atom is -0.378 e. The molecule has 7 heteroatoms. The van der Waals surface area contributed by atoms with Gasteiger partial charge in [-0.2, -0.15) is 13.2 Å². The number of alkyl halides is 3. The molecule has 0 bridgehead atoms. The van der Waals surface area contributed by atoms with E-state index >= 15 is 0 Å². The van der Waals surface area contributed by atoms with Gasteiger partial charge in [0.15, 0.2) is 0 Å². The fourth-order valence-electron chi connectivity index (χ4n) is 2.46. The highest BCUT2D eigenvalue weighted by Crippen LogP contribution is 2.30. The SMILES string of the molecule is CNC1(C(N)=O)CCCC(OCCCC(F)(F)F)C1. The van der Waals surface area contributed by atoms with E-state index in [2.05, 4.69) is 5.32 Å². The van der Waals surface area contributed by atoms with Crippen LogP contribution in [0.5, 0.6) is 0 Å². The van der Waals surface area contributed by atoms with Gasteiger partial charge in [0.25, 0.3) is 0 Å². The molecule has 4 nitrogen and oxygen atoms in total.